The van der Waals surface area contributed by atoms with Crippen molar-refractivity contribution in [2.75, 3.05) is 0 Å². The molecular weight excluding hydrogens is 372 g/mol. The molecule has 0 bridgehead atoms. The first-order chi connectivity index (χ1) is 13.9. The number of benzene rings is 1. The topological polar surface area (TPSA) is 113 Å². The molecule has 2 aromatic rings. The van der Waals surface area contributed by atoms with E-state index in [1.54, 1.807) is 23.0 Å². The number of hydrogen-bond donors (Lipinski definition) is 3. The van der Waals surface area contributed by atoms with Crippen LogP contribution >= 0.6 is 0 Å². The Balaban J connectivity index is 1.71. The summed E-state index contributed by atoms with van der Waals surface area (Å²) in [7, 11) is 1.81. The standard InChI is InChI=1S/C21H28N4O4/c1-3-4-7-17(20(27)23-16-8-5-6-15(16)21(28)29)24-19(26)13-9-10-14-12-22-25(2)18(14)11-13/h9-12,15-17H,3-8H2,1-2H3,(H,23,27)(H,24,26)(H,28,29)/t15-,16+,17+/m1/s1. The van der Waals surface area contributed by atoms with Crippen LogP contribution in [0.25, 0.3) is 10.9 Å². The monoisotopic (exact) mass is 400 g/mol. The second-order valence-corrected chi connectivity index (χ2v) is 7.70. The molecule has 8 nitrogen and oxygen atoms in total. The summed E-state index contributed by atoms with van der Waals surface area (Å²) < 4.78 is 1.69. The third-order valence-electron chi connectivity index (χ3n) is 5.64. The molecule has 1 aromatic heterocycles. The molecule has 1 aliphatic rings. The van der Waals surface area contributed by atoms with Crippen LogP contribution in [0.1, 0.15) is 55.8 Å². The van der Waals surface area contributed by atoms with Crippen molar-refractivity contribution in [2.45, 2.75) is 57.5 Å². The molecule has 1 aliphatic carbocycles. The van der Waals surface area contributed by atoms with Crippen molar-refractivity contribution in [1.29, 1.82) is 0 Å². The highest BCUT2D eigenvalue weighted by Gasteiger charge is 2.35. The molecule has 1 aromatic carbocycles. The van der Waals surface area contributed by atoms with Gasteiger partial charge in [-0.15, -0.1) is 0 Å². The number of hydrogen-bond acceptors (Lipinski definition) is 4. The van der Waals surface area contributed by atoms with Gasteiger partial charge in [0.1, 0.15) is 6.04 Å². The Morgan fingerprint density at radius 1 is 1.31 bits per heavy atom. The highest BCUT2D eigenvalue weighted by molar-refractivity contribution is 6.00. The zero-order valence-corrected chi connectivity index (χ0v) is 16.9. The van der Waals surface area contributed by atoms with Crippen molar-refractivity contribution >= 4 is 28.7 Å². The zero-order valence-electron chi connectivity index (χ0n) is 16.9. The Morgan fingerprint density at radius 3 is 2.83 bits per heavy atom. The average Bonchev–Trinajstić information content (AvgIpc) is 3.31. The Labute approximate surface area is 169 Å². The molecule has 156 valence electrons. The van der Waals surface area contributed by atoms with E-state index in [9.17, 15) is 19.5 Å². The predicted octanol–water partition coefficient (Wildman–Crippen LogP) is 2.23. The largest absolute Gasteiger partial charge is 0.481 e. The minimum Gasteiger partial charge on any atom is -0.481 e. The second-order valence-electron chi connectivity index (χ2n) is 7.70. The fraction of sp³-hybridized carbons (Fsp3) is 0.524. The number of carboxylic acids is 1. The maximum absolute atomic E-state index is 12.8. The molecule has 0 saturated heterocycles. The maximum Gasteiger partial charge on any atom is 0.308 e. The van der Waals surface area contributed by atoms with Gasteiger partial charge >= 0.3 is 5.97 Å². The summed E-state index contributed by atoms with van der Waals surface area (Å²) in [6.07, 6.45) is 5.90. The molecule has 3 rings (SSSR count). The van der Waals surface area contributed by atoms with Crippen molar-refractivity contribution in [2.24, 2.45) is 13.0 Å². The normalized spacial score (nSPS) is 19.8. The van der Waals surface area contributed by atoms with Crippen LogP contribution < -0.4 is 10.6 Å². The van der Waals surface area contributed by atoms with Crippen LogP contribution in [-0.4, -0.2) is 44.8 Å². The smallest absolute Gasteiger partial charge is 0.308 e. The van der Waals surface area contributed by atoms with Crippen LogP contribution in [0.5, 0.6) is 0 Å². The summed E-state index contributed by atoms with van der Waals surface area (Å²) in [5.74, 6) is -2.09. The Hall–Kier alpha value is -2.90. The Morgan fingerprint density at radius 2 is 2.10 bits per heavy atom. The van der Waals surface area contributed by atoms with Gasteiger partial charge in [-0.25, -0.2) is 0 Å². The van der Waals surface area contributed by atoms with E-state index >= 15 is 0 Å². The van der Waals surface area contributed by atoms with Crippen LogP contribution in [0.3, 0.4) is 0 Å². The van der Waals surface area contributed by atoms with E-state index in [-0.39, 0.29) is 17.9 Å². The molecule has 1 saturated carbocycles. The number of unbranched alkanes of at least 4 members (excludes halogenated alkanes) is 1. The number of nitrogens with zero attached hydrogens (tertiary/aromatic N) is 2. The highest BCUT2D eigenvalue weighted by Crippen LogP contribution is 2.26. The van der Waals surface area contributed by atoms with Crippen LogP contribution in [0, 0.1) is 5.92 Å². The fourth-order valence-corrected chi connectivity index (χ4v) is 3.92. The van der Waals surface area contributed by atoms with E-state index in [4.69, 9.17) is 0 Å². The molecule has 8 heteroatoms. The number of aliphatic carboxylic acids is 1. The fourth-order valence-electron chi connectivity index (χ4n) is 3.92. The lowest BCUT2D eigenvalue weighted by molar-refractivity contribution is -0.142. The predicted molar refractivity (Wildman–Crippen MR) is 108 cm³/mol. The molecule has 1 heterocycles. The van der Waals surface area contributed by atoms with Gasteiger partial charge in [-0.2, -0.15) is 5.10 Å². The number of aromatic nitrogens is 2. The summed E-state index contributed by atoms with van der Waals surface area (Å²) in [6, 6.07) is 4.22. The van der Waals surface area contributed by atoms with Gasteiger partial charge < -0.3 is 15.7 Å². The second kappa shape index (κ2) is 9.07. The lowest BCUT2D eigenvalue weighted by Crippen LogP contribution is -2.51. The third-order valence-corrected chi connectivity index (χ3v) is 5.64. The first kappa shape index (κ1) is 20.8. The minimum absolute atomic E-state index is 0.313. The molecule has 0 radical (unpaired) electrons. The van der Waals surface area contributed by atoms with Crippen molar-refractivity contribution < 1.29 is 19.5 Å². The van der Waals surface area contributed by atoms with Crippen LogP contribution in [-0.2, 0) is 16.6 Å². The number of amides is 2. The van der Waals surface area contributed by atoms with E-state index in [0.717, 1.165) is 30.2 Å². The average molecular weight is 400 g/mol. The van der Waals surface area contributed by atoms with Gasteiger partial charge in [0.25, 0.3) is 5.91 Å². The van der Waals surface area contributed by atoms with Crippen LogP contribution in [0.15, 0.2) is 24.4 Å². The van der Waals surface area contributed by atoms with Crippen molar-refractivity contribution in [3.63, 3.8) is 0 Å². The number of fused-ring (bicyclic) bond motifs is 1. The zero-order chi connectivity index (χ0) is 21.0. The van der Waals surface area contributed by atoms with Crippen molar-refractivity contribution in [3.05, 3.63) is 30.0 Å². The summed E-state index contributed by atoms with van der Waals surface area (Å²) in [6.45, 7) is 2.02. The van der Waals surface area contributed by atoms with Crippen molar-refractivity contribution in [3.8, 4) is 0 Å². The molecule has 1 fully saturated rings. The van der Waals surface area contributed by atoms with Gasteiger partial charge in [-0.05, 0) is 31.4 Å². The van der Waals surface area contributed by atoms with Gasteiger partial charge in [-0.3, -0.25) is 19.1 Å². The molecule has 0 unspecified atom stereocenters. The first-order valence-electron chi connectivity index (χ1n) is 10.2. The molecule has 3 atom stereocenters. The van der Waals surface area contributed by atoms with Gasteiger partial charge in [-0.1, -0.05) is 32.3 Å². The number of aryl methyl sites for hydroxylation is 1. The Kier molecular flexibility index (Phi) is 6.51. The summed E-state index contributed by atoms with van der Waals surface area (Å²) >= 11 is 0. The van der Waals surface area contributed by atoms with E-state index in [1.165, 1.54) is 0 Å². The number of carbonyl (C=O) groups is 3. The quantitative estimate of drug-likeness (QED) is 0.629. The van der Waals surface area contributed by atoms with Crippen LogP contribution in [0.4, 0.5) is 0 Å². The van der Waals surface area contributed by atoms with E-state index < -0.39 is 17.9 Å². The molecule has 2 amide bonds. The van der Waals surface area contributed by atoms with Crippen LogP contribution in [0.2, 0.25) is 0 Å². The molecule has 0 spiro atoms. The summed E-state index contributed by atoms with van der Waals surface area (Å²) in [4.78, 5) is 37.0. The van der Waals surface area contributed by atoms with E-state index in [0.29, 0.717) is 24.8 Å². The van der Waals surface area contributed by atoms with Gasteiger partial charge in [0.2, 0.25) is 5.91 Å². The highest BCUT2D eigenvalue weighted by atomic mass is 16.4. The molecular formula is C21H28N4O4. The van der Waals surface area contributed by atoms with Gasteiger partial charge in [0, 0.05) is 24.0 Å². The molecule has 29 heavy (non-hydrogen) atoms. The third kappa shape index (κ3) is 4.75. The maximum atomic E-state index is 12.8. The van der Waals surface area contributed by atoms with Gasteiger partial charge in [0.15, 0.2) is 0 Å². The number of nitrogens with one attached hydrogen (secondary N) is 2. The molecule has 0 aliphatic heterocycles. The van der Waals surface area contributed by atoms with Gasteiger partial charge in [0.05, 0.1) is 17.6 Å². The summed E-state index contributed by atoms with van der Waals surface area (Å²) in [5.41, 5.74) is 1.29. The van der Waals surface area contributed by atoms with Crippen molar-refractivity contribution in [1.82, 2.24) is 20.4 Å². The number of rotatable bonds is 8. The summed E-state index contributed by atoms with van der Waals surface area (Å²) in [5, 5.41) is 20.1. The SMILES string of the molecule is CCCC[C@H](NC(=O)c1ccc2cnn(C)c2c1)C(=O)N[C@H]1CCC[C@H]1C(=O)O. The lowest BCUT2D eigenvalue weighted by Gasteiger charge is -2.23. The van der Waals surface area contributed by atoms with E-state index in [1.807, 2.05) is 20.0 Å². The first-order valence-corrected chi connectivity index (χ1v) is 10.2. The number of carbonyl (C=O) groups excluding carboxylic acids is 2. The lowest BCUT2D eigenvalue weighted by atomic mass is 10.0. The Bertz CT molecular complexity index is 907. The van der Waals surface area contributed by atoms with E-state index in [2.05, 4.69) is 15.7 Å². The number of carboxylic acid groups (broad SMARTS) is 1. The molecule has 3 N–H and O–H groups in total. The minimum atomic E-state index is -0.883.